The van der Waals surface area contributed by atoms with Crippen LogP contribution in [0.4, 0.5) is 11.4 Å². The Morgan fingerprint density at radius 3 is 2.62 bits per heavy atom. The molecule has 0 bridgehead atoms. The van der Waals surface area contributed by atoms with Gasteiger partial charge >= 0.3 is 0 Å². The van der Waals surface area contributed by atoms with E-state index in [2.05, 4.69) is 10.6 Å². The normalized spacial score (nSPS) is 9.52. The molecule has 0 radical (unpaired) electrons. The molecule has 2 N–H and O–H groups in total. The maximum absolute atomic E-state index is 11.8. The van der Waals surface area contributed by atoms with Crippen LogP contribution in [-0.4, -0.2) is 19.6 Å². The van der Waals surface area contributed by atoms with Crippen LogP contribution in [0, 0.1) is 11.3 Å². The summed E-state index contributed by atoms with van der Waals surface area (Å²) in [7, 11) is 1.83. The van der Waals surface area contributed by atoms with Crippen LogP contribution in [0.1, 0.15) is 5.56 Å². The van der Waals surface area contributed by atoms with E-state index in [1.807, 2.05) is 25.2 Å². The number of amides is 1. The second-order valence-corrected chi connectivity index (χ2v) is 4.30. The van der Waals surface area contributed by atoms with Crippen molar-refractivity contribution in [2.45, 2.75) is 0 Å². The molecule has 0 aliphatic carbocycles. The zero-order chi connectivity index (χ0) is 15.1. The van der Waals surface area contributed by atoms with Gasteiger partial charge in [0.2, 0.25) is 0 Å². The largest absolute Gasteiger partial charge is 0.484 e. The first-order valence-corrected chi connectivity index (χ1v) is 6.42. The Bertz CT molecular complexity index is 660. The van der Waals surface area contributed by atoms with E-state index in [1.54, 1.807) is 36.4 Å². The molecular formula is C16H15N3O2. The number of nitriles is 1. The van der Waals surface area contributed by atoms with Gasteiger partial charge in [0.05, 0.1) is 11.6 Å². The molecule has 0 heterocycles. The standard InChI is InChI=1S/C16H15N3O2/c1-18-13-5-7-15(8-6-13)21-11-16(20)19-14-4-2-3-12(9-14)10-17/h2-9,18H,11H2,1H3,(H,19,20). The molecule has 5 heteroatoms. The molecule has 0 spiro atoms. The minimum absolute atomic E-state index is 0.0876. The highest BCUT2D eigenvalue weighted by Gasteiger charge is 2.04. The highest BCUT2D eigenvalue weighted by molar-refractivity contribution is 5.92. The van der Waals surface area contributed by atoms with Gasteiger partial charge in [-0.3, -0.25) is 4.79 Å². The van der Waals surface area contributed by atoms with E-state index in [1.165, 1.54) is 0 Å². The van der Waals surface area contributed by atoms with Gasteiger partial charge in [-0.25, -0.2) is 0 Å². The summed E-state index contributed by atoms with van der Waals surface area (Å²) in [5.41, 5.74) is 2.05. The van der Waals surface area contributed by atoms with Crippen LogP contribution >= 0.6 is 0 Å². The highest BCUT2D eigenvalue weighted by atomic mass is 16.5. The fourth-order valence-corrected chi connectivity index (χ4v) is 1.73. The van der Waals surface area contributed by atoms with E-state index in [-0.39, 0.29) is 12.5 Å². The molecule has 0 saturated heterocycles. The van der Waals surface area contributed by atoms with Gasteiger partial charge in [0.1, 0.15) is 5.75 Å². The molecule has 0 aliphatic heterocycles. The van der Waals surface area contributed by atoms with Gasteiger partial charge in [-0.2, -0.15) is 5.26 Å². The number of ether oxygens (including phenoxy) is 1. The first-order valence-electron chi connectivity index (χ1n) is 6.42. The molecule has 0 aromatic heterocycles. The Hall–Kier alpha value is -3.00. The number of hydrogen-bond donors (Lipinski definition) is 2. The van der Waals surface area contributed by atoms with E-state index in [4.69, 9.17) is 10.00 Å². The Morgan fingerprint density at radius 1 is 1.19 bits per heavy atom. The minimum atomic E-state index is -0.275. The van der Waals surface area contributed by atoms with Crippen molar-refractivity contribution < 1.29 is 9.53 Å². The highest BCUT2D eigenvalue weighted by Crippen LogP contribution is 2.15. The van der Waals surface area contributed by atoms with Gasteiger partial charge in [0, 0.05) is 18.4 Å². The number of carbonyl (C=O) groups is 1. The summed E-state index contributed by atoms with van der Waals surface area (Å²) in [5.74, 6) is 0.345. The van der Waals surface area contributed by atoms with Crippen LogP contribution < -0.4 is 15.4 Å². The lowest BCUT2D eigenvalue weighted by Gasteiger charge is -2.08. The zero-order valence-electron chi connectivity index (χ0n) is 11.6. The van der Waals surface area contributed by atoms with Crippen molar-refractivity contribution in [2.75, 3.05) is 24.3 Å². The number of anilines is 2. The monoisotopic (exact) mass is 281 g/mol. The lowest BCUT2D eigenvalue weighted by Crippen LogP contribution is -2.20. The van der Waals surface area contributed by atoms with Crippen molar-refractivity contribution in [1.29, 1.82) is 5.26 Å². The van der Waals surface area contributed by atoms with Crippen LogP contribution in [0.15, 0.2) is 48.5 Å². The van der Waals surface area contributed by atoms with Crippen molar-refractivity contribution in [1.82, 2.24) is 0 Å². The van der Waals surface area contributed by atoms with Gasteiger partial charge in [0.15, 0.2) is 6.61 Å². The quantitative estimate of drug-likeness (QED) is 0.883. The predicted octanol–water partition coefficient (Wildman–Crippen LogP) is 2.62. The smallest absolute Gasteiger partial charge is 0.262 e. The van der Waals surface area contributed by atoms with E-state index < -0.39 is 0 Å². The van der Waals surface area contributed by atoms with Crippen molar-refractivity contribution in [3.63, 3.8) is 0 Å². The number of carbonyl (C=O) groups excluding carboxylic acids is 1. The third-order valence-corrected chi connectivity index (χ3v) is 2.79. The molecule has 0 unspecified atom stereocenters. The van der Waals surface area contributed by atoms with Crippen LogP contribution in [0.3, 0.4) is 0 Å². The number of benzene rings is 2. The van der Waals surface area contributed by atoms with E-state index in [9.17, 15) is 4.79 Å². The van der Waals surface area contributed by atoms with Crippen molar-refractivity contribution >= 4 is 17.3 Å². The topological polar surface area (TPSA) is 74.2 Å². The van der Waals surface area contributed by atoms with Crippen molar-refractivity contribution in [3.05, 3.63) is 54.1 Å². The third kappa shape index (κ3) is 4.25. The van der Waals surface area contributed by atoms with Crippen LogP contribution in [0.25, 0.3) is 0 Å². The molecule has 0 atom stereocenters. The summed E-state index contributed by atoms with van der Waals surface area (Å²) in [4.78, 5) is 11.8. The molecule has 1 amide bonds. The summed E-state index contributed by atoms with van der Waals surface area (Å²) in [6, 6.07) is 16.0. The molecule has 0 aliphatic rings. The first kappa shape index (κ1) is 14.4. The Morgan fingerprint density at radius 2 is 1.95 bits per heavy atom. The van der Waals surface area contributed by atoms with Gasteiger partial charge in [-0.05, 0) is 42.5 Å². The van der Waals surface area contributed by atoms with Crippen molar-refractivity contribution in [2.24, 2.45) is 0 Å². The molecule has 0 saturated carbocycles. The maximum Gasteiger partial charge on any atom is 0.262 e. The lowest BCUT2D eigenvalue weighted by atomic mass is 10.2. The molecule has 2 aromatic rings. The fourth-order valence-electron chi connectivity index (χ4n) is 1.73. The molecule has 5 nitrogen and oxygen atoms in total. The minimum Gasteiger partial charge on any atom is -0.484 e. The molecule has 2 aromatic carbocycles. The maximum atomic E-state index is 11.8. The lowest BCUT2D eigenvalue weighted by molar-refractivity contribution is -0.118. The molecule has 21 heavy (non-hydrogen) atoms. The summed E-state index contributed by atoms with van der Waals surface area (Å²) in [6.07, 6.45) is 0. The van der Waals surface area contributed by atoms with Gasteiger partial charge in [-0.1, -0.05) is 6.07 Å². The average Bonchev–Trinajstić information content (AvgIpc) is 2.53. The molecule has 106 valence electrons. The Kier molecular flexibility index (Phi) is 4.78. The van der Waals surface area contributed by atoms with Crippen molar-refractivity contribution in [3.8, 4) is 11.8 Å². The summed E-state index contributed by atoms with van der Waals surface area (Å²) < 4.78 is 5.39. The van der Waals surface area contributed by atoms with Crippen LogP contribution in [-0.2, 0) is 4.79 Å². The fraction of sp³-hybridized carbons (Fsp3) is 0.125. The third-order valence-electron chi connectivity index (χ3n) is 2.79. The zero-order valence-corrected chi connectivity index (χ0v) is 11.6. The number of hydrogen-bond acceptors (Lipinski definition) is 4. The van der Waals surface area contributed by atoms with Crippen LogP contribution in [0.2, 0.25) is 0 Å². The summed E-state index contributed by atoms with van der Waals surface area (Å²) in [6.45, 7) is -0.0876. The SMILES string of the molecule is CNc1ccc(OCC(=O)Nc2cccc(C#N)c2)cc1. The van der Waals surface area contributed by atoms with E-state index >= 15 is 0 Å². The molecular weight excluding hydrogens is 266 g/mol. The second kappa shape index (κ2) is 6.96. The number of rotatable bonds is 5. The molecule has 2 rings (SSSR count). The second-order valence-electron chi connectivity index (χ2n) is 4.30. The Labute approximate surface area is 123 Å². The van der Waals surface area contributed by atoms with Gasteiger partial charge < -0.3 is 15.4 Å². The Balaban J connectivity index is 1.88. The number of nitrogens with one attached hydrogen (secondary N) is 2. The van der Waals surface area contributed by atoms with Crippen LogP contribution in [0.5, 0.6) is 5.75 Å². The summed E-state index contributed by atoms with van der Waals surface area (Å²) in [5, 5.41) is 14.5. The average molecular weight is 281 g/mol. The molecule has 0 fully saturated rings. The number of nitrogens with zero attached hydrogens (tertiary/aromatic N) is 1. The first-order chi connectivity index (χ1) is 10.2. The van der Waals surface area contributed by atoms with Gasteiger partial charge in [0.25, 0.3) is 5.91 Å². The van der Waals surface area contributed by atoms with E-state index in [0.717, 1.165) is 5.69 Å². The predicted molar refractivity (Wildman–Crippen MR) is 81.3 cm³/mol. The summed E-state index contributed by atoms with van der Waals surface area (Å²) >= 11 is 0. The van der Waals surface area contributed by atoms with E-state index in [0.29, 0.717) is 17.0 Å². The van der Waals surface area contributed by atoms with Gasteiger partial charge in [-0.15, -0.1) is 0 Å².